The SMILES string of the molecule is CC(CN1CC(CN)CC1=O)N(C)c1ccccc1. The largest absolute Gasteiger partial charge is 0.370 e. The summed E-state index contributed by atoms with van der Waals surface area (Å²) in [5.74, 6) is 0.575. The molecule has 0 aromatic heterocycles. The number of hydrogen-bond acceptors (Lipinski definition) is 3. The van der Waals surface area contributed by atoms with Crippen LogP contribution in [-0.4, -0.2) is 43.5 Å². The lowest BCUT2D eigenvalue weighted by atomic mass is 10.1. The van der Waals surface area contributed by atoms with Gasteiger partial charge in [-0.05, 0) is 31.5 Å². The number of benzene rings is 1. The van der Waals surface area contributed by atoms with Crippen molar-refractivity contribution >= 4 is 11.6 Å². The van der Waals surface area contributed by atoms with E-state index in [0.717, 1.165) is 13.1 Å². The van der Waals surface area contributed by atoms with Gasteiger partial charge in [0.2, 0.25) is 5.91 Å². The van der Waals surface area contributed by atoms with Gasteiger partial charge in [-0.3, -0.25) is 4.79 Å². The third-order valence-electron chi connectivity index (χ3n) is 3.94. The molecule has 19 heavy (non-hydrogen) atoms. The standard InChI is InChI=1S/C15H23N3O/c1-12(17(2)14-6-4-3-5-7-14)10-18-11-13(9-16)8-15(18)19/h3-7,12-13H,8-11,16H2,1-2H3. The summed E-state index contributed by atoms with van der Waals surface area (Å²) < 4.78 is 0. The molecule has 1 aliphatic rings. The summed E-state index contributed by atoms with van der Waals surface area (Å²) in [6.07, 6.45) is 0.609. The summed E-state index contributed by atoms with van der Waals surface area (Å²) in [7, 11) is 2.07. The molecular formula is C15H23N3O. The van der Waals surface area contributed by atoms with Gasteiger partial charge in [-0.25, -0.2) is 0 Å². The molecule has 0 aliphatic carbocycles. The van der Waals surface area contributed by atoms with Crippen molar-refractivity contribution < 1.29 is 4.79 Å². The molecule has 1 amide bonds. The van der Waals surface area contributed by atoms with E-state index in [4.69, 9.17) is 5.73 Å². The van der Waals surface area contributed by atoms with E-state index >= 15 is 0 Å². The lowest BCUT2D eigenvalue weighted by Crippen LogP contribution is -2.41. The van der Waals surface area contributed by atoms with Crippen molar-refractivity contribution in [1.29, 1.82) is 0 Å². The molecule has 0 spiro atoms. The molecule has 0 bridgehead atoms. The smallest absolute Gasteiger partial charge is 0.223 e. The number of rotatable bonds is 5. The molecule has 2 N–H and O–H groups in total. The Balaban J connectivity index is 1.94. The maximum absolute atomic E-state index is 11.9. The molecule has 1 saturated heterocycles. The van der Waals surface area contributed by atoms with Gasteiger partial charge in [0.1, 0.15) is 0 Å². The zero-order chi connectivity index (χ0) is 13.8. The first-order valence-electron chi connectivity index (χ1n) is 6.87. The number of amides is 1. The first-order chi connectivity index (χ1) is 9.11. The average Bonchev–Trinajstić information content (AvgIpc) is 2.79. The lowest BCUT2D eigenvalue weighted by molar-refractivity contribution is -0.127. The molecule has 0 saturated carbocycles. The molecule has 1 aliphatic heterocycles. The molecule has 2 unspecified atom stereocenters. The number of nitrogens with two attached hydrogens (primary N) is 1. The van der Waals surface area contributed by atoms with Gasteiger partial charge in [0.25, 0.3) is 0 Å². The van der Waals surface area contributed by atoms with Gasteiger partial charge < -0.3 is 15.5 Å². The molecule has 1 aromatic rings. The summed E-state index contributed by atoms with van der Waals surface area (Å²) in [6.45, 7) is 4.32. The van der Waals surface area contributed by atoms with Crippen LogP contribution >= 0.6 is 0 Å². The van der Waals surface area contributed by atoms with Gasteiger partial charge in [0, 0.05) is 38.3 Å². The predicted molar refractivity (Wildman–Crippen MR) is 78.0 cm³/mol. The molecule has 1 fully saturated rings. The summed E-state index contributed by atoms with van der Waals surface area (Å²) >= 11 is 0. The average molecular weight is 261 g/mol. The zero-order valence-corrected chi connectivity index (χ0v) is 11.7. The van der Waals surface area contributed by atoms with Crippen molar-refractivity contribution in [2.24, 2.45) is 11.7 Å². The maximum atomic E-state index is 11.9. The van der Waals surface area contributed by atoms with Crippen LogP contribution in [0.3, 0.4) is 0 Å². The van der Waals surface area contributed by atoms with Crippen LogP contribution in [0.25, 0.3) is 0 Å². The minimum atomic E-state index is 0.240. The topological polar surface area (TPSA) is 49.6 Å². The van der Waals surface area contributed by atoms with Crippen molar-refractivity contribution in [3.63, 3.8) is 0 Å². The zero-order valence-electron chi connectivity index (χ0n) is 11.7. The van der Waals surface area contributed by atoms with E-state index in [0.29, 0.717) is 24.9 Å². The number of hydrogen-bond donors (Lipinski definition) is 1. The number of nitrogens with zero attached hydrogens (tertiary/aromatic N) is 2. The van der Waals surface area contributed by atoms with Crippen LogP contribution in [0.5, 0.6) is 0 Å². The molecule has 2 atom stereocenters. The lowest BCUT2D eigenvalue weighted by Gasteiger charge is -2.30. The van der Waals surface area contributed by atoms with Crippen LogP contribution < -0.4 is 10.6 Å². The Morgan fingerprint density at radius 2 is 2.11 bits per heavy atom. The Hall–Kier alpha value is -1.55. The van der Waals surface area contributed by atoms with Crippen LogP contribution in [0.15, 0.2) is 30.3 Å². The quantitative estimate of drug-likeness (QED) is 0.869. The minimum absolute atomic E-state index is 0.240. The molecule has 4 heteroatoms. The molecule has 1 aromatic carbocycles. The molecular weight excluding hydrogens is 238 g/mol. The van der Waals surface area contributed by atoms with Crippen molar-refractivity contribution in [3.8, 4) is 0 Å². The van der Waals surface area contributed by atoms with Crippen molar-refractivity contribution in [2.45, 2.75) is 19.4 Å². The summed E-state index contributed by atoms with van der Waals surface area (Å²) in [6, 6.07) is 10.5. The second-order valence-electron chi connectivity index (χ2n) is 5.40. The van der Waals surface area contributed by atoms with E-state index in [1.165, 1.54) is 5.69 Å². The molecule has 104 valence electrons. The highest BCUT2D eigenvalue weighted by Gasteiger charge is 2.29. The Bertz CT molecular complexity index is 421. The maximum Gasteiger partial charge on any atom is 0.223 e. The number of anilines is 1. The minimum Gasteiger partial charge on any atom is -0.370 e. The van der Waals surface area contributed by atoms with Gasteiger partial charge in [-0.15, -0.1) is 0 Å². The van der Waals surface area contributed by atoms with Crippen LogP contribution in [-0.2, 0) is 4.79 Å². The number of carbonyl (C=O) groups is 1. The van der Waals surface area contributed by atoms with E-state index < -0.39 is 0 Å². The second-order valence-corrected chi connectivity index (χ2v) is 5.40. The fraction of sp³-hybridized carbons (Fsp3) is 0.533. The monoisotopic (exact) mass is 261 g/mol. The highest BCUT2D eigenvalue weighted by molar-refractivity contribution is 5.78. The summed E-state index contributed by atoms with van der Waals surface area (Å²) in [5.41, 5.74) is 6.83. The molecule has 2 rings (SSSR count). The number of carbonyl (C=O) groups excluding carboxylic acids is 1. The van der Waals surface area contributed by atoms with Crippen molar-refractivity contribution in [3.05, 3.63) is 30.3 Å². The van der Waals surface area contributed by atoms with Gasteiger partial charge in [0.15, 0.2) is 0 Å². The summed E-state index contributed by atoms with van der Waals surface area (Å²) in [5, 5.41) is 0. The third kappa shape index (κ3) is 3.26. The van der Waals surface area contributed by atoms with E-state index in [1.54, 1.807) is 0 Å². The van der Waals surface area contributed by atoms with Gasteiger partial charge in [-0.1, -0.05) is 18.2 Å². The number of para-hydroxylation sites is 1. The summed E-state index contributed by atoms with van der Waals surface area (Å²) in [4.78, 5) is 16.0. The number of likely N-dealkylation sites (tertiary alicyclic amines) is 1. The fourth-order valence-corrected chi connectivity index (χ4v) is 2.55. The van der Waals surface area contributed by atoms with Crippen LogP contribution in [0, 0.1) is 5.92 Å². The Labute approximate surface area is 115 Å². The molecule has 0 radical (unpaired) electrons. The van der Waals surface area contributed by atoms with E-state index in [-0.39, 0.29) is 5.91 Å². The Morgan fingerprint density at radius 3 is 2.68 bits per heavy atom. The Morgan fingerprint density at radius 1 is 1.42 bits per heavy atom. The number of likely N-dealkylation sites (N-methyl/N-ethyl adjacent to an activating group) is 1. The van der Waals surface area contributed by atoms with E-state index in [9.17, 15) is 4.79 Å². The van der Waals surface area contributed by atoms with E-state index in [2.05, 4.69) is 31.0 Å². The van der Waals surface area contributed by atoms with Crippen LogP contribution in [0.2, 0.25) is 0 Å². The van der Waals surface area contributed by atoms with Gasteiger partial charge in [0.05, 0.1) is 0 Å². The Kier molecular flexibility index (Phi) is 4.43. The van der Waals surface area contributed by atoms with Crippen LogP contribution in [0.4, 0.5) is 5.69 Å². The molecule has 1 heterocycles. The highest BCUT2D eigenvalue weighted by atomic mass is 16.2. The van der Waals surface area contributed by atoms with E-state index in [1.807, 2.05) is 23.1 Å². The fourth-order valence-electron chi connectivity index (χ4n) is 2.55. The third-order valence-corrected chi connectivity index (χ3v) is 3.94. The van der Waals surface area contributed by atoms with Crippen LogP contribution in [0.1, 0.15) is 13.3 Å². The van der Waals surface area contributed by atoms with Gasteiger partial charge >= 0.3 is 0 Å². The van der Waals surface area contributed by atoms with Gasteiger partial charge in [-0.2, -0.15) is 0 Å². The van der Waals surface area contributed by atoms with Crippen molar-refractivity contribution in [2.75, 3.05) is 31.6 Å². The predicted octanol–water partition coefficient (Wildman–Crippen LogP) is 1.32. The second kappa shape index (κ2) is 6.06. The highest BCUT2D eigenvalue weighted by Crippen LogP contribution is 2.19. The molecule has 4 nitrogen and oxygen atoms in total. The first kappa shape index (κ1) is 13.9. The normalized spacial score (nSPS) is 20.7. The first-order valence-corrected chi connectivity index (χ1v) is 6.87. The van der Waals surface area contributed by atoms with Crippen molar-refractivity contribution in [1.82, 2.24) is 4.90 Å².